The molecule has 0 amide bonds. The molecule has 0 radical (unpaired) electrons. The first-order valence-corrected chi connectivity index (χ1v) is 1.41. The first kappa shape index (κ1) is 22.5. The van der Waals surface area contributed by atoms with Gasteiger partial charge in [0.05, 0.1) is 0 Å². The van der Waals surface area contributed by atoms with E-state index in [1.165, 1.54) is 0 Å². The molecule has 0 bridgehead atoms. The van der Waals surface area contributed by atoms with Gasteiger partial charge < -0.3 is 30.1 Å². The van der Waals surface area contributed by atoms with E-state index in [4.69, 9.17) is 30.1 Å². The van der Waals surface area contributed by atoms with Crippen LogP contribution in [-0.2, 0) is 0 Å². The van der Waals surface area contributed by atoms with Crippen molar-refractivity contribution < 1.29 is 30.1 Å². The van der Waals surface area contributed by atoms with Gasteiger partial charge in [-0.3, -0.25) is 14.6 Å². The molecule has 0 saturated carbocycles. The second-order valence-corrected chi connectivity index (χ2v) is 0.577. The zero-order valence-corrected chi connectivity index (χ0v) is 8.34. The minimum atomic E-state index is -2.92. The molecule has 0 aliphatic carbocycles. The maximum absolute atomic E-state index is 8.42. The van der Waals surface area contributed by atoms with E-state index >= 15 is 0 Å². The molecule has 0 spiro atoms. The summed E-state index contributed by atoms with van der Waals surface area (Å²) in [5, 5.41) is 50.5. The molecule has 48 valence electrons. The second kappa shape index (κ2) is 16.6. The van der Waals surface area contributed by atoms with E-state index in [9.17, 15) is 0 Å². The van der Waals surface area contributed by atoms with Crippen LogP contribution in [-0.4, -0.2) is 51.8 Å². The molecule has 0 aromatic rings. The van der Waals surface area contributed by atoms with Crippen LogP contribution in [0.25, 0.3) is 0 Å². The van der Waals surface area contributed by atoms with Crippen molar-refractivity contribution in [3.8, 4) is 0 Å². The average molecular weight is 214 g/mol. The smallest absolute Gasteiger partial charge is 0.907 e. The van der Waals surface area contributed by atoms with E-state index in [2.05, 4.69) is 0 Å². The normalized spacial score (nSPS) is 5.40. The topological polar surface area (TPSA) is 138 Å². The monoisotopic (exact) mass is 214 g/mol. The molecule has 10 heteroatoms. The largest absolute Gasteiger partial charge is 3.00 e. The van der Waals surface area contributed by atoms with Gasteiger partial charge in [0.1, 0.15) is 0 Å². The molecule has 0 rings (SSSR count). The summed E-state index contributed by atoms with van der Waals surface area (Å²) in [5.41, 5.74) is 0. The maximum Gasteiger partial charge on any atom is 3.00 e. The zero-order valence-electron chi connectivity index (χ0n) is 4.76. The molecule has 0 fully saturated rings. The predicted molar refractivity (Wildman–Crippen MR) is 23.0 cm³/mol. The van der Waals surface area contributed by atoms with Crippen LogP contribution in [0.15, 0.2) is 0 Å². The third kappa shape index (κ3) is 525. The summed E-state index contributed by atoms with van der Waals surface area (Å²) in [7, 11) is -5.83. The Kier molecular flexibility index (Phi) is 37.2. The van der Waals surface area contributed by atoms with Crippen LogP contribution >= 0.6 is 0 Å². The fourth-order valence-corrected chi connectivity index (χ4v) is 0. The molecule has 0 aliphatic heterocycles. The van der Waals surface area contributed by atoms with Gasteiger partial charge in [0.15, 0.2) is 0 Å². The number of hydrogen-bond donors (Lipinski definition) is 0. The van der Waals surface area contributed by atoms with Crippen LogP contribution < -0.4 is 30.1 Å². The van der Waals surface area contributed by atoms with Crippen molar-refractivity contribution in [1.29, 1.82) is 0 Å². The van der Waals surface area contributed by atoms with Gasteiger partial charge in [0.2, 0.25) is 0 Å². The Bertz CT molecular complexity index is 31.2. The molecule has 0 unspecified atom stereocenters. The van der Waals surface area contributed by atoms with Gasteiger partial charge in [0.25, 0.3) is 0 Å². The van der Waals surface area contributed by atoms with E-state index in [1.807, 2.05) is 0 Å². The number of rotatable bonds is 0. The first-order chi connectivity index (χ1) is 3.46. The molecule has 0 aromatic carbocycles. The van der Waals surface area contributed by atoms with Crippen LogP contribution in [0.4, 0.5) is 0 Å². The van der Waals surface area contributed by atoms with Gasteiger partial charge in [0, 0.05) is 0 Å². The van der Waals surface area contributed by atoms with Gasteiger partial charge >= 0.3 is 37.2 Å². The molecule has 10 heavy (non-hydrogen) atoms. The first-order valence-electron chi connectivity index (χ1n) is 1.41. The summed E-state index contributed by atoms with van der Waals surface area (Å²) in [5.74, 6) is 0. The van der Waals surface area contributed by atoms with Crippen LogP contribution in [0.2, 0.25) is 0 Å². The van der Waals surface area contributed by atoms with Crippen LogP contribution in [0, 0.1) is 0 Å². The van der Waals surface area contributed by atoms with Crippen molar-refractivity contribution in [2.45, 2.75) is 0 Å². The van der Waals surface area contributed by atoms with Crippen molar-refractivity contribution in [2.75, 3.05) is 0 Å². The standard InChI is InChI=1S/Al.2BO3.Ga/c;2*2-1(3)4;/q+3;2*-3;+3. The molecular weight excluding hydrogens is 214 g/mol. The van der Waals surface area contributed by atoms with E-state index in [1.54, 1.807) is 0 Å². The summed E-state index contributed by atoms with van der Waals surface area (Å²) < 4.78 is 0. The Hall–Kier alpha value is 1.06. The predicted octanol–water partition coefficient (Wildman–Crippen LogP) is -8.66. The van der Waals surface area contributed by atoms with Crippen molar-refractivity contribution in [2.24, 2.45) is 0 Å². The van der Waals surface area contributed by atoms with Crippen LogP contribution in [0.1, 0.15) is 0 Å². The molecule has 0 heterocycles. The third-order valence-corrected chi connectivity index (χ3v) is 0. The van der Waals surface area contributed by atoms with Crippen molar-refractivity contribution in [1.82, 2.24) is 0 Å². The third-order valence-electron chi connectivity index (χ3n) is 0. The minimum absolute atomic E-state index is 0. The van der Waals surface area contributed by atoms with Crippen molar-refractivity contribution >= 4 is 51.8 Å². The quantitative estimate of drug-likeness (QED) is 0.367. The van der Waals surface area contributed by atoms with Crippen molar-refractivity contribution in [3.63, 3.8) is 0 Å². The summed E-state index contributed by atoms with van der Waals surface area (Å²) >= 11 is 0. The fraction of sp³-hybridized carbons (Fsp3) is 0. The SMILES string of the molecule is [Al+3].[Ga+3].[O-]B([O-])[O-].[O-]B([O-])[O-]. The molecule has 0 N–H and O–H groups in total. The Morgan fingerprint density at radius 1 is 0.600 bits per heavy atom. The Balaban J connectivity index is -0.0000000300. The van der Waals surface area contributed by atoms with Gasteiger partial charge in [-0.1, -0.05) is 0 Å². The van der Waals surface area contributed by atoms with E-state index in [0.29, 0.717) is 0 Å². The molecular formula is AlB2GaO6. The van der Waals surface area contributed by atoms with E-state index in [-0.39, 0.29) is 37.2 Å². The molecule has 0 aromatic heterocycles. The minimum Gasteiger partial charge on any atom is -0.907 e. The second-order valence-electron chi connectivity index (χ2n) is 0.577. The van der Waals surface area contributed by atoms with Gasteiger partial charge in [-0.2, -0.15) is 0 Å². The molecule has 6 nitrogen and oxygen atoms in total. The molecule has 0 aliphatic rings. The average Bonchev–Trinajstić information content (AvgIpc) is 1.25. The van der Waals surface area contributed by atoms with Crippen LogP contribution in [0.3, 0.4) is 0 Å². The van der Waals surface area contributed by atoms with Gasteiger partial charge in [-0.15, -0.1) is 0 Å². The summed E-state index contributed by atoms with van der Waals surface area (Å²) in [6.07, 6.45) is 0. The Labute approximate surface area is 82.1 Å². The summed E-state index contributed by atoms with van der Waals surface area (Å²) in [4.78, 5) is 0. The van der Waals surface area contributed by atoms with E-state index < -0.39 is 14.6 Å². The zero-order chi connectivity index (χ0) is 7.15. The van der Waals surface area contributed by atoms with E-state index in [0.717, 1.165) is 0 Å². The van der Waals surface area contributed by atoms with Crippen LogP contribution in [0.5, 0.6) is 0 Å². The van der Waals surface area contributed by atoms with Crippen molar-refractivity contribution in [3.05, 3.63) is 0 Å². The van der Waals surface area contributed by atoms with Gasteiger partial charge in [-0.25, -0.2) is 0 Å². The summed E-state index contributed by atoms with van der Waals surface area (Å²) in [6.45, 7) is 0. The summed E-state index contributed by atoms with van der Waals surface area (Å²) in [6, 6.07) is 0. The fourth-order valence-electron chi connectivity index (χ4n) is 0. The number of hydrogen-bond acceptors (Lipinski definition) is 6. The molecule has 0 saturated heterocycles. The Morgan fingerprint density at radius 3 is 0.600 bits per heavy atom. The molecule has 0 atom stereocenters. The Morgan fingerprint density at radius 2 is 0.600 bits per heavy atom. The van der Waals surface area contributed by atoms with Gasteiger partial charge in [-0.05, 0) is 0 Å². The maximum atomic E-state index is 8.42.